The minimum absolute atomic E-state index is 0.108. The van der Waals surface area contributed by atoms with Crippen molar-refractivity contribution in [3.63, 3.8) is 0 Å². The number of halogens is 1. The normalized spacial score (nSPS) is 13.2. The van der Waals surface area contributed by atoms with Gasteiger partial charge < -0.3 is 5.32 Å². The molecule has 0 aromatic heterocycles. The average Bonchev–Trinajstić information content (AvgIpc) is 2.37. The Kier molecular flexibility index (Phi) is 7.03. The quantitative estimate of drug-likeness (QED) is 0.723. The third-order valence-corrected chi connectivity index (χ3v) is 3.51. The minimum Gasteiger partial charge on any atom is -0.315 e. The molecule has 1 aromatic carbocycles. The van der Waals surface area contributed by atoms with E-state index in [0.29, 0.717) is 6.04 Å². The Bertz CT molecular complexity index is 366. The number of unbranched alkanes of at least 4 members (excludes halogenated alkanes) is 1. The Balaban J connectivity index is 2.33. The van der Waals surface area contributed by atoms with E-state index < -0.39 is 0 Å². The van der Waals surface area contributed by atoms with Gasteiger partial charge in [0.2, 0.25) is 0 Å². The molecule has 0 radical (unpaired) electrons. The predicted molar refractivity (Wildman–Crippen MR) is 79.8 cm³/mol. The lowest BCUT2D eigenvalue weighted by atomic mass is 10.1. The second-order valence-corrected chi connectivity index (χ2v) is 5.49. The highest BCUT2D eigenvalue weighted by Gasteiger charge is 2.14. The van der Waals surface area contributed by atoms with E-state index in [2.05, 4.69) is 38.0 Å². The number of hydrogen-bond donors (Lipinski definition) is 1. The Hall–Kier alpha value is -0.930. The zero-order valence-electron chi connectivity index (χ0n) is 12.6. The molecule has 2 nitrogen and oxygen atoms in total. The molecule has 0 saturated carbocycles. The molecule has 19 heavy (non-hydrogen) atoms. The van der Waals surface area contributed by atoms with Crippen molar-refractivity contribution in [1.29, 1.82) is 0 Å². The van der Waals surface area contributed by atoms with Gasteiger partial charge in [-0.15, -0.1) is 0 Å². The fraction of sp³-hybridized carbons (Fsp3) is 0.625. The molecule has 0 saturated heterocycles. The average molecular weight is 266 g/mol. The summed E-state index contributed by atoms with van der Waals surface area (Å²) in [5.41, 5.74) is 0.783. The Morgan fingerprint density at radius 3 is 2.47 bits per heavy atom. The third-order valence-electron chi connectivity index (χ3n) is 3.51. The van der Waals surface area contributed by atoms with Crippen LogP contribution in [-0.2, 0) is 0 Å². The second kappa shape index (κ2) is 8.28. The maximum absolute atomic E-state index is 13.7. The third kappa shape index (κ3) is 5.70. The SMILES string of the molecule is CC(C)NCCCCN(C)C(C)c1ccccc1F. The van der Waals surface area contributed by atoms with Gasteiger partial charge in [-0.1, -0.05) is 32.0 Å². The molecule has 0 bridgehead atoms. The molecule has 0 fully saturated rings. The van der Waals surface area contributed by atoms with E-state index in [0.717, 1.165) is 31.5 Å². The minimum atomic E-state index is -0.108. The van der Waals surface area contributed by atoms with Crippen LogP contribution >= 0.6 is 0 Å². The van der Waals surface area contributed by atoms with Crippen LogP contribution in [0.5, 0.6) is 0 Å². The highest BCUT2D eigenvalue weighted by molar-refractivity contribution is 5.20. The van der Waals surface area contributed by atoms with Crippen molar-refractivity contribution in [3.8, 4) is 0 Å². The lowest BCUT2D eigenvalue weighted by molar-refractivity contribution is 0.250. The van der Waals surface area contributed by atoms with Crippen molar-refractivity contribution >= 4 is 0 Å². The van der Waals surface area contributed by atoms with E-state index in [4.69, 9.17) is 0 Å². The zero-order valence-corrected chi connectivity index (χ0v) is 12.6. The van der Waals surface area contributed by atoms with Gasteiger partial charge in [0.15, 0.2) is 0 Å². The molecule has 1 unspecified atom stereocenters. The molecule has 0 amide bonds. The first-order chi connectivity index (χ1) is 9.02. The van der Waals surface area contributed by atoms with Gasteiger partial charge in [0.1, 0.15) is 5.82 Å². The van der Waals surface area contributed by atoms with Crippen molar-refractivity contribution in [2.24, 2.45) is 0 Å². The predicted octanol–water partition coefficient (Wildman–Crippen LogP) is 3.60. The summed E-state index contributed by atoms with van der Waals surface area (Å²) >= 11 is 0. The molecule has 0 aliphatic rings. The highest BCUT2D eigenvalue weighted by atomic mass is 19.1. The van der Waals surface area contributed by atoms with Crippen LogP contribution in [0.1, 0.15) is 45.2 Å². The molecule has 1 atom stereocenters. The van der Waals surface area contributed by atoms with Crippen molar-refractivity contribution in [1.82, 2.24) is 10.2 Å². The molecule has 0 spiro atoms. The summed E-state index contributed by atoms with van der Waals surface area (Å²) in [4.78, 5) is 2.22. The smallest absolute Gasteiger partial charge is 0.127 e. The molecule has 0 aliphatic carbocycles. The molecule has 0 aliphatic heterocycles. The summed E-state index contributed by atoms with van der Waals surface area (Å²) in [6.07, 6.45) is 2.29. The van der Waals surface area contributed by atoms with Gasteiger partial charge in [0.05, 0.1) is 0 Å². The Morgan fingerprint density at radius 1 is 1.16 bits per heavy atom. The van der Waals surface area contributed by atoms with Crippen LogP contribution in [0.25, 0.3) is 0 Å². The number of rotatable bonds is 8. The van der Waals surface area contributed by atoms with E-state index in [1.807, 2.05) is 12.1 Å². The van der Waals surface area contributed by atoms with Gasteiger partial charge >= 0.3 is 0 Å². The molecule has 1 rings (SSSR count). The molecule has 1 aromatic rings. The molecule has 108 valence electrons. The summed E-state index contributed by atoms with van der Waals surface area (Å²) in [6.45, 7) is 8.43. The molecule has 0 heterocycles. The van der Waals surface area contributed by atoms with Crippen LogP contribution < -0.4 is 5.32 Å². The maximum Gasteiger partial charge on any atom is 0.127 e. The first-order valence-corrected chi connectivity index (χ1v) is 7.20. The van der Waals surface area contributed by atoms with Crippen LogP contribution in [0, 0.1) is 5.82 Å². The number of nitrogens with one attached hydrogen (secondary N) is 1. The Labute approximate surface area is 117 Å². The van der Waals surface area contributed by atoms with E-state index in [1.54, 1.807) is 6.07 Å². The van der Waals surface area contributed by atoms with Crippen LogP contribution in [0.4, 0.5) is 4.39 Å². The van der Waals surface area contributed by atoms with Crippen molar-refractivity contribution in [2.75, 3.05) is 20.1 Å². The molecular formula is C16H27FN2. The summed E-state index contributed by atoms with van der Waals surface area (Å²) in [6, 6.07) is 7.72. The second-order valence-electron chi connectivity index (χ2n) is 5.49. The fourth-order valence-corrected chi connectivity index (χ4v) is 2.12. The van der Waals surface area contributed by atoms with Crippen LogP contribution in [-0.4, -0.2) is 31.1 Å². The Morgan fingerprint density at radius 2 is 1.84 bits per heavy atom. The summed E-state index contributed by atoms with van der Waals surface area (Å²) in [7, 11) is 2.06. The van der Waals surface area contributed by atoms with E-state index in [-0.39, 0.29) is 11.9 Å². The highest BCUT2D eigenvalue weighted by Crippen LogP contribution is 2.21. The lowest BCUT2D eigenvalue weighted by Crippen LogP contribution is -2.27. The number of hydrogen-bond acceptors (Lipinski definition) is 2. The summed E-state index contributed by atoms with van der Waals surface area (Å²) in [5.74, 6) is -0.108. The van der Waals surface area contributed by atoms with Crippen molar-refractivity contribution < 1.29 is 4.39 Å². The summed E-state index contributed by atoms with van der Waals surface area (Å²) < 4.78 is 13.7. The van der Waals surface area contributed by atoms with Gasteiger partial charge in [-0.25, -0.2) is 4.39 Å². The first-order valence-electron chi connectivity index (χ1n) is 7.20. The van der Waals surface area contributed by atoms with Crippen LogP contribution in [0.3, 0.4) is 0 Å². The van der Waals surface area contributed by atoms with Gasteiger partial charge in [-0.3, -0.25) is 4.90 Å². The van der Waals surface area contributed by atoms with Crippen LogP contribution in [0.2, 0.25) is 0 Å². The van der Waals surface area contributed by atoms with Gasteiger partial charge in [0, 0.05) is 17.6 Å². The van der Waals surface area contributed by atoms with E-state index >= 15 is 0 Å². The van der Waals surface area contributed by atoms with Gasteiger partial charge in [0.25, 0.3) is 0 Å². The monoisotopic (exact) mass is 266 g/mol. The van der Waals surface area contributed by atoms with Gasteiger partial charge in [-0.2, -0.15) is 0 Å². The van der Waals surface area contributed by atoms with E-state index in [1.165, 1.54) is 6.07 Å². The molecule has 1 N–H and O–H groups in total. The van der Waals surface area contributed by atoms with E-state index in [9.17, 15) is 4.39 Å². The largest absolute Gasteiger partial charge is 0.315 e. The zero-order chi connectivity index (χ0) is 14.3. The number of nitrogens with zero attached hydrogens (tertiary/aromatic N) is 1. The first kappa shape index (κ1) is 16.1. The summed E-state index contributed by atoms with van der Waals surface area (Å²) in [5, 5.41) is 3.41. The van der Waals surface area contributed by atoms with Gasteiger partial charge in [-0.05, 0) is 46.0 Å². The molecular weight excluding hydrogens is 239 g/mol. The topological polar surface area (TPSA) is 15.3 Å². The molecule has 3 heteroatoms. The van der Waals surface area contributed by atoms with Crippen LogP contribution in [0.15, 0.2) is 24.3 Å². The lowest BCUT2D eigenvalue weighted by Gasteiger charge is -2.25. The maximum atomic E-state index is 13.7. The van der Waals surface area contributed by atoms with Crippen molar-refractivity contribution in [3.05, 3.63) is 35.6 Å². The fourth-order valence-electron chi connectivity index (χ4n) is 2.12. The van der Waals surface area contributed by atoms with Crippen molar-refractivity contribution in [2.45, 2.75) is 45.7 Å². The standard InChI is InChI=1S/C16H27FN2/c1-13(2)18-11-7-8-12-19(4)14(3)15-9-5-6-10-16(15)17/h5-6,9-10,13-14,18H,7-8,11-12H2,1-4H3. The number of benzene rings is 1.